The van der Waals surface area contributed by atoms with Gasteiger partial charge in [-0.2, -0.15) is 0 Å². The van der Waals surface area contributed by atoms with Crippen LogP contribution in [-0.2, 0) is 16.1 Å². The van der Waals surface area contributed by atoms with E-state index < -0.39 is 5.97 Å². The zero-order valence-electron chi connectivity index (χ0n) is 16.5. The Labute approximate surface area is 180 Å². The summed E-state index contributed by atoms with van der Waals surface area (Å²) in [7, 11) is 2.81. The molecule has 0 saturated carbocycles. The average Bonchev–Trinajstić information content (AvgIpc) is 3.25. The lowest BCUT2D eigenvalue weighted by molar-refractivity contribution is -0.142. The normalized spacial score (nSPS) is 13.3. The van der Waals surface area contributed by atoms with Gasteiger partial charge in [0, 0.05) is 25.3 Å². The Morgan fingerprint density at radius 2 is 1.86 bits per heavy atom. The van der Waals surface area contributed by atoms with Gasteiger partial charge in [0.25, 0.3) is 0 Å². The maximum atomic E-state index is 11.3. The highest BCUT2D eigenvalue weighted by atomic mass is 35.5. The van der Waals surface area contributed by atoms with E-state index in [-0.39, 0.29) is 6.61 Å². The number of halogens is 2. The Morgan fingerprint density at radius 1 is 1.10 bits per heavy atom. The van der Waals surface area contributed by atoms with Crippen LogP contribution in [0.5, 0.6) is 11.5 Å². The first kappa shape index (κ1) is 21.4. The number of hydrogen-bond donors (Lipinski definition) is 1. The molecule has 0 atom stereocenters. The van der Waals surface area contributed by atoms with Crippen LogP contribution in [-0.4, -0.2) is 39.9 Å². The van der Waals surface area contributed by atoms with Crippen LogP contribution in [0.2, 0.25) is 10.0 Å². The molecule has 1 saturated heterocycles. The van der Waals surface area contributed by atoms with E-state index in [1.165, 1.54) is 27.1 Å². The summed E-state index contributed by atoms with van der Waals surface area (Å²) in [6.45, 7) is 2.38. The maximum absolute atomic E-state index is 11.3. The summed E-state index contributed by atoms with van der Waals surface area (Å²) in [4.78, 5) is 13.6. The van der Waals surface area contributed by atoms with Crippen molar-refractivity contribution in [1.82, 2.24) is 0 Å². The van der Waals surface area contributed by atoms with Crippen LogP contribution in [0.1, 0.15) is 18.4 Å². The van der Waals surface area contributed by atoms with E-state index in [0.717, 1.165) is 35.1 Å². The minimum absolute atomic E-state index is 0.244. The van der Waals surface area contributed by atoms with E-state index >= 15 is 0 Å². The van der Waals surface area contributed by atoms with Crippen molar-refractivity contribution in [1.29, 1.82) is 0 Å². The molecule has 1 aliphatic rings. The van der Waals surface area contributed by atoms with E-state index in [9.17, 15) is 4.79 Å². The molecule has 1 N–H and O–H groups in total. The van der Waals surface area contributed by atoms with Gasteiger partial charge in [0.1, 0.15) is 0 Å². The molecule has 1 aliphatic heterocycles. The lowest BCUT2D eigenvalue weighted by atomic mass is 10.2. The summed E-state index contributed by atoms with van der Waals surface area (Å²) in [5.74, 6) is 0.255. The molecule has 0 aliphatic carbocycles. The predicted octanol–water partition coefficient (Wildman–Crippen LogP) is 4.77. The third-order valence-electron chi connectivity index (χ3n) is 4.74. The molecule has 3 rings (SSSR count). The first-order valence-electron chi connectivity index (χ1n) is 9.36. The van der Waals surface area contributed by atoms with E-state index in [4.69, 9.17) is 32.7 Å². The summed E-state index contributed by atoms with van der Waals surface area (Å²) < 4.78 is 15.4. The van der Waals surface area contributed by atoms with E-state index in [0.29, 0.717) is 23.1 Å². The summed E-state index contributed by atoms with van der Waals surface area (Å²) in [5, 5.41) is 4.43. The highest BCUT2D eigenvalue weighted by Gasteiger charge is 2.16. The van der Waals surface area contributed by atoms with Crippen LogP contribution in [0.25, 0.3) is 0 Å². The third-order valence-corrected chi connectivity index (χ3v) is 5.33. The monoisotopic (exact) mass is 438 g/mol. The molecular weight excluding hydrogens is 415 g/mol. The van der Waals surface area contributed by atoms with E-state index in [1.54, 1.807) is 6.07 Å². The molecule has 1 heterocycles. The average molecular weight is 439 g/mol. The van der Waals surface area contributed by atoms with Gasteiger partial charge in [-0.15, -0.1) is 0 Å². The second kappa shape index (κ2) is 9.94. The van der Waals surface area contributed by atoms with Crippen molar-refractivity contribution in [3.05, 3.63) is 45.9 Å². The molecular formula is C21H24Cl2N2O4. The largest absolute Gasteiger partial charge is 0.493 e. The molecule has 8 heteroatoms. The molecule has 0 bridgehead atoms. The van der Waals surface area contributed by atoms with Crippen LogP contribution in [0.15, 0.2) is 30.3 Å². The lowest BCUT2D eigenvalue weighted by Crippen LogP contribution is -2.17. The second-order valence-corrected chi connectivity index (χ2v) is 7.50. The van der Waals surface area contributed by atoms with Crippen molar-refractivity contribution >= 4 is 40.5 Å². The van der Waals surface area contributed by atoms with E-state index in [2.05, 4.69) is 15.0 Å². The Hall–Kier alpha value is -2.31. The predicted molar refractivity (Wildman–Crippen MR) is 116 cm³/mol. The Morgan fingerprint density at radius 3 is 2.52 bits per heavy atom. The molecule has 0 spiro atoms. The van der Waals surface area contributed by atoms with Crippen LogP contribution in [0.3, 0.4) is 0 Å². The van der Waals surface area contributed by atoms with Crippen LogP contribution in [0.4, 0.5) is 11.4 Å². The maximum Gasteiger partial charge on any atom is 0.343 e. The van der Waals surface area contributed by atoms with Gasteiger partial charge >= 0.3 is 5.97 Å². The number of benzene rings is 2. The molecule has 29 heavy (non-hydrogen) atoms. The smallest absolute Gasteiger partial charge is 0.343 e. The number of rotatable bonds is 8. The minimum atomic E-state index is -0.497. The third kappa shape index (κ3) is 5.40. The number of nitrogens with zero attached hydrogens (tertiary/aromatic N) is 1. The van der Waals surface area contributed by atoms with Gasteiger partial charge in [0.2, 0.25) is 0 Å². The summed E-state index contributed by atoms with van der Waals surface area (Å²) in [6, 6.07) is 9.58. The summed E-state index contributed by atoms with van der Waals surface area (Å²) in [6.07, 6.45) is 2.41. The van der Waals surface area contributed by atoms with Gasteiger partial charge in [-0.3, -0.25) is 0 Å². The quantitative estimate of drug-likeness (QED) is 0.599. The lowest BCUT2D eigenvalue weighted by Gasteiger charge is -2.20. The molecule has 0 amide bonds. The number of carbonyl (C=O) groups excluding carboxylic acids is 1. The van der Waals surface area contributed by atoms with Gasteiger partial charge in [-0.25, -0.2) is 4.79 Å². The Balaban J connectivity index is 1.68. The molecule has 1 fully saturated rings. The first-order chi connectivity index (χ1) is 14.0. The molecule has 2 aromatic carbocycles. The Bertz CT molecular complexity index is 870. The first-order valence-corrected chi connectivity index (χ1v) is 10.1. The van der Waals surface area contributed by atoms with Gasteiger partial charge < -0.3 is 24.4 Å². The molecule has 6 nitrogen and oxygen atoms in total. The fourth-order valence-electron chi connectivity index (χ4n) is 3.24. The summed E-state index contributed by atoms with van der Waals surface area (Å²) >= 11 is 12.8. The van der Waals surface area contributed by atoms with Crippen molar-refractivity contribution in [2.45, 2.75) is 19.4 Å². The van der Waals surface area contributed by atoms with Gasteiger partial charge in [-0.1, -0.05) is 23.2 Å². The van der Waals surface area contributed by atoms with Crippen molar-refractivity contribution in [3.8, 4) is 11.5 Å². The standard InChI is InChI=1S/C21H24Cl2N2O4/c1-27-19-10-14(9-17(23)21(19)29-13-20(26)28-2)12-24-15-5-6-18(16(22)11-15)25-7-3-4-8-25/h5-6,9-11,24H,3-4,7-8,12-13H2,1-2H3. The topological polar surface area (TPSA) is 60.0 Å². The van der Waals surface area contributed by atoms with Crippen LogP contribution >= 0.6 is 23.2 Å². The van der Waals surface area contributed by atoms with Crippen LogP contribution in [0, 0.1) is 0 Å². The highest BCUT2D eigenvalue weighted by Crippen LogP contribution is 2.37. The van der Waals surface area contributed by atoms with Crippen LogP contribution < -0.4 is 19.7 Å². The molecule has 156 valence electrons. The highest BCUT2D eigenvalue weighted by molar-refractivity contribution is 6.33. The van der Waals surface area contributed by atoms with Crippen molar-refractivity contribution < 1.29 is 19.0 Å². The number of ether oxygens (including phenoxy) is 3. The number of esters is 1. The number of methoxy groups -OCH3 is 2. The van der Waals surface area contributed by atoms with Crippen molar-refractivity contribution in [2.24, 2.45) is 0 Å². The van der Waals surface area contributed by atoms with Gasteiger partial charge in [-0.05, 0) is 48.7 Å². The molecule has 0 unspecified atom stereocenters. The number of anilines is 2. The molecule has 0 radical (unpaired) electrons. The number of carbonyl (C=O) groups is 1. The van der Waals surface area contributed by atoms with E-state index in [1.807, 2.05) is 24.3 Å². The minimum Gasteiger partial charge on any atom is -0.493 e. The SMILES string of the molecule is COC(=O)COc1c(Cl)cc(CNc2ccc(N3CCCC3)c(Cl)c2)cc1OC. The second-order valence-electron chi connectivity index (χ2n) is 6.69. The number of nitrogens with one attached hydrogen (secondary N) is 1. The van der Waals surface area contributed by atoms with Gasteiger partial charge in [0.15, 0.2) is 18.1 Å². The zero-order chi connectivity index (χ0) is 20.8. The van der Waals surface area contributed by atoms with Crippen molar-refractivity contribution in [3.63, 3.8) is 0 Å². The molecule has 0 aromatic heterocycles. The van der Waals surface area contributed by atoms with Crippen molar-refractivity contribution in [2.75, 3.05) is 44.1 Å². The summed E-state index contributed by atoms with van der Waals surface area (Å²) in [5.41, 5.74) is 2.89. The Kier molecular flexibility index (Phi) is 7.34. The number of hydrogen-bond acceptors (Lipinski definition) is 6. The fraction of sp³-hybridized carbons (Fsp3) is 0.381. The van der Waals surface area contributed by atoms with Gasteiger partial charge in [0.05, 0.1) is 30.0 Å². The fourth-order valence-corrected chi connectivity index (χ4v) is 3.83. The zero-order valence-corrected chi connectivity index (χ0v) is 18.0. The molecule has 2 aromatic rings.